The number of nitrogens with one attached hydrogen (secondary N) is 6. The maximum atomic E-state index is 14.2. The molecule has 13 N–H and O–H groups in total. The van der Waals surface area contributed by atoms with Gasteiger partial charge in [-0.05, 0) is 51.3 Å². The van der Waals surface area contributed by atoms with Gasteiger partial charge in [0, 0.05) is 98.4 Å². The number of fused-ring (bicyclic) bond motifs is 3. The Bertz CT molecular complexity index is 3240. The average molecular weight is 1230 g/mol. The number of phenolic OH excluding ortho intramolecular Hbond substituents is 2. The number of anilines is 1. The highest BCUT2D eigenvalue weighted by molar-refractivity contribution is 6.31. The molecule has 0 bridgehead atoms. The van der Waals surface area contributed by atoms with Gasteiger partial charge >= 0.3 is 12.1 Å². The van der Waals surface area contributed by atoms with Gasteiger partial charge < -0.3 is 91.6 Å². The maximum absolute atomic E-state index is 14.2. The summed E-state index contributed by atoms with van der Waals surface area (Å²) >= 11 is 0. The zero-order valence-corrected chi connectivity index (χ0v) is 48.5. The Hall–Kier alpha value is -9.07. The highest BCUT2D eigenvalue weighted by Crippen LogP contribution is 2.52. The Balaban J connectivity index is 1.05. The van der Waals surface area contributed by atoms with E-state index in [4.69, 9.17) is 34.2 Å². The molecule has 30 nitrogen and oxygen atoms in total. The number of rotatable bonds is 28. The van der Waals surface area contributed by atoms with Crippen molar-refractivity contribution in [1.82, 2.24) is 31.5 Å². The molecule has 88 heavy (non-hydrogen) atoms. The van der Waals surface area contributed by atoms with Crippen LogP contribution in [0.4, 0.5) is 15.3 Å². The maximum Gasteiger partial charge on any atom is 0.407 e. The zero-order valence-electron chi connectivity index (χ0n) is 48.5. The Morgan fingerprint density at radius 1 is 0.875 bits per heavy atom. The third-order valence-electron chi connectivity index (χ3n) is 14.9. The van der Waals surface area contributed by atoms with E-state index in [1.54, 1.807) is 0 Å². The summed E-state index contributed by atoms with van der Waals surface area (Å²) in [6, 6.07) is 4.38. The first-order chi connectivity index (χ1) is 41.8. The van der Waals surface area contributed by atoms with Crippen LogP contribution < -0.4 is 47.1 Å². The van der Waals surface area contributed by atoms with Gasteiger partial charge in [0.1, 0.15) is 66.6 Å². The van der Waals surface area contributed by atoms with E-state index in [-0.39, 0.29) is 104 Å². The number of urea groups is 1. The molecule has 0 unspecified atom stereocenters. The Morgan fingerprint density at radius 2 is 1.60 bits per heavy atom. The van der Waals surface area contributed by atoms with Crippen LogP contribution in [0.3, 0.4) is 0 Å². The summed E-state index contributed by atoms with van der Waals surface area (Å²) in [7, 11) is 1.27. The van der Waals surface area contributed by atoms with Gasteiger partial charge in [0.15, 0.2) is 17.9 Å². The molecule has 30 heteroatoms. The number of primary amides is 1. The van der Waals surface area contributed by atoms with E-state index in [0.29, 0.717) is 12.8 Å². The van der Waals surface area contributed by atoms with E-state index in [1.165, 1.54) is 64.3 Å². The van der Waals surface area contributed by atoms with Crippen molar-refractivity contribution in [3.05, 3.63) is 87.5 Å². The first kappa shape index (κ1) is 66.5. The van der Waals surface area contributed by atoms with Crippen LogP contribution in [-0.2, 0) is 65.5 Å². The van der Waals surface area contributed by atoms with Crippen molar-refractivity contribution in [3.63, 3.8) is 0 Å². The monoisotopic (exact) mass is 1230 g/mol. The van der Waals surface area contributed by atoms with Gasteiger partial charge in [-0.15, -0.1) is 0 Å². The van der Waals surface area contributed by atoms with Crippen LogP contribution in [-0.4, -0.2) is 191 Å². The molecule has 0 aromatic heterocycles. The van der Waals surface area contributed by atoms with Gasteiger partial charge in [-0.2, -0.15) is 0 Å². The van der Waals surface area contributed by atoms with Crippen LogP contribution in [0.1, 0.15) is 114 Å². The normalized spacial score (nSPS) is 20.8. The van der Waals surface area contributed by atoms with E-state index < -0.39 is 162 Å². The molecule has 0 spiro atoms. The fourth-order valence-corrected chi connectivity index (χ4v) is 10.5. The molecule has 2 heterocycles. The number of aliphatic hydroxyl groups is 3. The van der Waals surface area contributed by atoms with E-state index in [0.717, 1.165) is 17.1 Å². The summed E-state index contributed by atoms with van der Waals surface area (Å²) in [5.74, 6) is -7.77. The van der Waals surface area contributed by atoms with Crippen molar-refractivity contribution in [2.75, 3.05) is 58.5 Å². The summed E-state index contributed by atoms with van der Waals surface area (Å²) in [6.45, 7) is 2.39. The second-order valence-electron chi connectivity index (χ2n) is 21.1. The average Bonchev–Trinajstić information content (AvgIpc) is 0.874. The number of carbonyl (C=O) groups excluding carboxylic acids is 11. The molecule has 3 aromatic carbocycles. The minimum absolute atomic E-state index is 0.000742. The minimum Gasteiger partial charge on any atom is -0.507 e. The Labute approximate surface area is 502 Å². The number of phenols is 2. The summed E-state index contributed by atoms with van der Waals surface area (Å²) in [6.07, 6.45) is -5.53. The number of hydrogen-bond acceptors (Lipinski definition) is 22. The topological polar surface area (TPSA) is 446 Å². The number of amides is 9. The SMILES string of the molecule is COc1cccc2c1C(=O)c1c(O)c3c(c(O)c1C2=O)C[C@@](O)(C(=O)CO)C[C@@H]3O[C@H]1C[C@H](NC(=O)OCc2ccc(NC(=O)[C@H](CCCCNC(N)=O)NC(=O)[C@H](C)NC(C)=O)cc2OCCOCCNC(=O)CCN2C(=O)C=CC2=O)[C@H](O)[C@H](C)O1. The number of aromatic hydroxyl groups is 2. The standard InChI is InChI=1S/C58H70N8O22/c1-28(62-30(3)68)54(78)64-35(9-5-6-16-61-56(59)80)55(79)63-32-12-11-31(38(22-32)85-21-20-84-19-17-60-41(70)15-18-66-42(71)13-14-43(66)72)27-86-57(81)65-36-23-44(87-29(2)49(36)73)88-39-25-58(82,40(69)26-67)24-34-46(39)53(77)48-47(51(34)75)50(74)33-8-7-10-37(83-4)45(33)52(48)76/h7-8,10-14,22,28-29,35-36,39,44,49,67,73,75,77,82H,5-6,9,15-21,23-27H2,1-4H3,(H,60,70)(H,62,68)(H,63,79)(H,64,78)(H,65,81)(H3,59,61,80)/t28-,29-,35-,36-,39-,44-,49+,58-/m0/s1. The number of unbranched alkanes of at least 4 members (excludes halogenated alkanes) is 1. The molecular weight excluding hydrogens is 1160 g/mol. The highest BCUT2D eigenvalue weighted by atomic mass is 16.7. The molecular formula is C58H70N8O22. The van der Waals surface area contributed by atoms with E-state index in [1.807, 2.05) is 0 Å². The summed E-state index contributed by atoms with van der Waals surface area (Å²) < 4.78 is 34.9. The molecule has 9 amide bonds. The van der Waals surface area contributed by atoms with Gasteiger partial charge in [0.2, 0.25) is 29.4 Å². The molecule has 1 saturated heterocycles. The van der Waals surface area contributed by atoms with Crippen molar-refractivity contribution >= 4 is 70.6 Å². The number of aliphatic hydroxyl groups excluding tert-OH is 2. The van der Waals surface area contributed by atoms with Gasteiger partial charge in [0.25, 0.3) is 11.8 Å². The number of imide groups is 1. The number of ketones is 3. The molecule has 8 atom stereocenters. The molecule has 0 radical (unpaired) electrons. The number of nitrogens with two attached hydrogens (primary N) is 1. The lowest BCUT2D eigenvalue weighted by Crippen LogP contribution is -2.56. The quantitative estimate of drug-likeness (QED) is 0.0195. The second kappa shape index (κ2) is 29.6. The van der Waals surface area contributed by atoms with Crippen molar-refractivity contribution in [1.29, 1.82) is 0 Å². The smallest absolute Gasteiger partial charge is 0.407 e. The fourth-order valence-electron chi connectivity index (χ4n) is 10.5. The Kier molecular flexibility index (Phi) is 22.3. The summed E-state index contributed by atoms with van der Waals surface area (Å²) in [5.41, 5.74) is 0.903. The lowest BCUT2D eigenvalue weighted by Gasteiger charge is -2.42. The molecule has 474 valence electrons. The highest BCUT2D eigenvalue weighted by Gasteiger charge is 2.50. The summed E-state index contributed by atoms with van der Waals surface area (Å²) in [4.78, 5) is 142. The van der Waals surface area contributed by atoms with Crippen LogP contribution in [0.5, 0.6) is 23.0 Å². The molecule has 1 fully saturated rings. The molecule has 7 rings (SSSR count). The second-order valence-corrected chi connectivity index (χ2v) is 21.1. The van der Waals surface area contributed by atoms with Gasteiger partial charge in [-0.25, -0.2) is 9.59 Å². The number of Topliss-reactive ketones (excluding diaryl/α,β-unsaturated/α-hetero) is 1. The minimum atomic E-state index is -2.46. The Morgan fingerprint density at radius 3 is 2.30 bits per heavy atom. The first-order valence-corrected chi connectivity index (χ1v) is 28.1. The summed E-state index contributed by atoms with van der Waals surface area (Å²) in [5, 5.41) is 72.2. The number of alkyl carbamates (subject to hydrolysis) is 1. The van der Waals surface area contributed by atoms with Crippen molar-refractivity contribution < 1.29 is 107 Å². The molecule has 0 saturated carbocycles. The number of carbonyl (C=O) groups is 11. The van der Waals surface area contributed by atoms with Crippen LogP contribution in [0, 0.1) is 0 Å². The molecule has 4 aliphatic rings. The van der Waals surface area contributed by atoms with E-state index in [2.05, 4.69) is 31.9 Å². The predicted molar refractivity (Wildman–Crippen MR) is 302 cm³/mol. The molecule has 3 aromatic rings. The number of methoxy groups -OCH3 is 1. The lowest BCUT2D eigenvalue weighted by molar-refractivity contribution is -0.249. The zero-order chi connectivity index (χ0) is 64.1. The lowest BCUT2D eigenvalue weighted by atomic mass is 9.72. The van der Waals surface area contributed by atoms with Crippen LogP contribution in [0.25, 0.3) is 0 Å². The number of nitrogens with zero attached hydrogens (tertiary/aromatic N) is 1. The van der Waals surface area contributed by atoms with Crippen LogP contribution in [0.15, 0.2) is 48.6 Å². The largest absolute Gasteiger partial charge is 0.507 e. The van der Waals surface area contributed by atoms with Crippen molar-refractivity contribution in [2.24, 2.45) is 5.73 Å². The predicted octanol–water partition coefficient (Wildman–Crippen LogP) is -0.418. The van der Waals surface area contributed by atoms with Gasteiger partial charge in [-0.3, -0.25) is 48.1 Å². The van der Waals surface area contributed by atoms with Gasteiger partial charge in [0.05, 0.1) is 55.3 Å². The van der Waals surface area contributed by atoms with E-state index in [9.17, 15) is 78.3 Å². The van der Waals surface area contributed by atoms with E-state index >= 15 is 0 Å². The fraction of sp³-hybridized carbons (Fsp3) is 0.466. The third kappa shape index (κ3) is 15.9. The first-order valence-electron chi connectivity index (χ1n) is 28.1. The number of benzene rings is 3. The van der Waals surface area contributed by atoms with Crippen LogP contribution >= 0.6 is 0 Å². The number of ether oxygens (including phenoxy) is 6. The van der Waals surface area contributed by atoms with Crippen molar-refractivity contribution in [2.45, 2.75) is 121 Å². The molecule has 2 aliphatic carbocycles. The third-order valence-corrected chi connectivity index (χ3v) is 14.9. The van der Waals surface area contributed by atoms with Gasteiger partial charge in [-0.1, -0.05) is 12.1 Å². The number of hydrogen-bond donors (Lipinski definition) is 12. The van der Waals surface area contributed by atoms with Crippen LogP contribution in [0.2, 0.25) is 0 Å². The molecule has 2 aliphatic heterocycles. The van der Waals surface area contributed by atoms with Crippen molar-refractivity contribution in [3.8, 4) is 23.0 Å².